The predicted molar refractivity (Wildman–Crippen MR) is 56.4 cm³/mol. The van der Waals surface area contributed by atoms with Gasteiger partial charge in [-0.2, -0.15) is 0 Å². The first-order valence-corrected chi connectivity index (χ1v) is 5.01. The van der Waals surface area contributed by atoms with Crippen molar-refractivity contribution in [1.82, 2.24) is 5.32 Å². The van der Waals surface area contributed by atoms with Crippen LogP contribution in [-0.4, -0.2) is 12.1 Å². The smallest absolute Gasteiger partial charge is 0.0141 e. The van der Waals surface area contributed by atoms with Crippen LogP contribution in [0.4, 0.5) is 0 Å². The lowest BCUT2D eigenvalue weighted by molar-refractivity contribution is 0.200. The van der Waals surface area contributed by atoms with E-state index >= 15 is 0 Å². The van der Waals surface area contributed by atoms with Crippen molar-refractivity contribution in [2.45, 2.75) is 60.5 Å². The summed E-state index contributed by atoms with van der Waals surface area (Å²) in [5.74, 6) is 0.701. The van der Waals surface area contributed by atoms with Gasteiger partial charge in [0.25, 0.3) is 0 Å². The molecule has 0 aromatic carbocycles. The molecule has 0 bridgehead atoms. The molecule has 0 aliphatic heterocycles. The van der Waals surface area contributed by atoms with Gasteiger partial charge in [0.05, 0.1) is 0 Å². The zero-order chi connectivity index (χ0) is 9.94. The van der Waals surface area contributed by atoms with E-state index in [1.807, 2.05) is 0 Å². The van der Waals surface area contributed by atoms with E-state index in [1.54, 1.807) is 0 Å². The van der Waals surface area contributed by atoms with Crippen LogP contribution in [0.15, 0.2) is 0 Å². The third kappa shape index (κ3) is 4.10. The van der Waals surface area contributed by atoms with Gasteiger partial charge in [-0.1, -0.05) is 48.5 Å². The highest BCUT2D eigenvalue weighted by atomic mass is 15.0. The summed E-state index contributed by atoms with van der Waals surface area (Å²) in [5.41, 5.74) is 0.360. The molecule has 1 heteroatoms. The Morgan fingerprint density at radius 1 is 0.917 bits per heavy atom. The molecule has 74 valence electrons. The maximum atomic E-state index is 3.62. The summed E-state index contributed by atoms with van der Waals surface area (Å²) < 4.78 is 0. The SMILES string of the molecule is CC(C)NC(C(C)C)C(C)(C)C. The van der Waals surface area contributed by atoms with Crippen LogP contribution in [-0.2, 0) is 0 Å². The van der Waals surface area contributed by atoms with Crippen molar-refractivity contribution in [3.8, 4) is 0 Å². The molecule has 1 N–H and O–H groups in total. The first kappa shape index (κ1) is 12.0. The monoisotopic (exact) mass is 171 g/mol. The first-order chi connectivity index (χ1) is 5.25. The molecule has 0 aliphatic rings. The molecular weight excluding hydrogens is 146 g/mol. The molecule has 0 aliphatic carbocycles. The minimum Gasteiger partial charge on any atom is -0.311 e. The zero-order valence-electron chi connectivity index (χ0n) is 9.73. The summed E-state index contributed by atoms with van der Waals surface area (Å²) in [6.07, 6.45) is 0. The fraction of sp³-hybridized carbons (Fsp3) is 1.00. The van der Waals surface area contributed by atoms with Crippen LogP contribution in [0, 0.1) is 11.3 Å². The summed E-state index contributed by atoms with van der Waals surface area (Å²) in [6.45, 7) is 15.9. The maximum absolute atomic E-state index is 3.62. The maximum Gasteiger partial charge on any atom is 0.0141 e. The molecule has 12 heavy (non-hydrogen) atoms. The summed E-state index contributed by atoms with van der Waals surface area (Å²) in [6, 6.07) is 1.19. The largest absolute Gasteiger partial charge is 0.311 e. The van der Waals surface area contributed by atoms with Gasteiger partial charge in [-0.25, -0.2) is 0 Å². The minimum absolute atomic E-state index is 0.360. The Bertz CT molecular complexity index is 119. The molecule has 0 heterocycles. The first-order valence-electron chi connectivity index (χ1n) is 5.01. The van der Waals surface area contributed by atoms with Gasteiger partial charge in [0.1, 0.15) is 0 Å². The number of nitrogens with one attached hydrogen (secondary N) is 1. The van der Waals surface area contributed by atoms with Gasteiger partial charge in [0.2, 0.25) is 0 Å². The van der Waals surface area contributed by atoms with E-state index in [0.717, 1.165) is 0 Å². The van der Waals surface area contributed by atoms with E-state index in [0.29, 0.717) is 23.4 Å². The molecule has 0 fully saturated rings. The fourth-order valence-electron chi connectivity index (χ4n) is 1.80. The van der Waals surface area contributed by atoms with Crippen LogP contribution >= 0.6 is 0 Å². The average Bonchev–Trinajstić information content (AvgIpc) is 1.79. The number of rotatable bonds is 3. The summed E-state index contributed by atoms with van der Waals surface area (Å²) in [4.78, 5) is 0. The Hall–Kier alpha value is -0.0400. The Morgan fingerprint density at radius 2 is 1.33 bits per heavy atom. The Morgan fingerprint density at radius 3 is 1.42 bits per heavy atom. The molecule has 0 radical (unpaired) electrons. The summed E-state index contributed by atoms with van der Waals surface area (Å²) in [7, 11) is 0. The predicted octanol–water partition coefficient (Wildman–Crippen LogP) is 3.06. The minimum atomic E-state index is 0.360. The Balaban J connectivity index is 4.25. The van der Waals surface area contributed by atoms with Gasteiger partial charge in [0, 0.05) is 12.1 Å². The third-order valence-electron chi connectivity index (χ3n) is 2.11. The van der Waals surface area contributed by atoms with E-state index in [2.05, 4.69) is 53.8 Å². The van der Waals surface area contributed by atoms with E-state index in [4.69, 9.17) is 0 Å². The van der Waals surface area contributed by atoms with Crippen molar-refractivity contribution in [3.63, 3.8) is 0 Å². The molecule has 1 unspecified atom stereocenters. The molecule has 0 saturated heterocycles. The van der Waals surface area contributed by atoms with Crippen LogP contribution in [0.25, 0.3) is 0 Å². The molecule has 0 saturated carbocycles. The van der Waals surface area contributed by atoms with Crippen LogP contribution in [0.1, 0.15) is 48.5 Å². The van der Waals surface area contributed by atoms with Gasteiger partial charge in [-0.05, 0) is 11.3 Å². The lowest BCUT2D eigenvalue weighted by atomic mass is 9.80. The van der Waals surface area contributed by atoms with Gasteiger partial charge < -0.3 is 5.32 Å². The highest BCUT2D eigenvalue weighted by molar-refractivity contribution is 4.83. The fourth-order valence-corrected chi connectivity index (χ4v) is 1.80. The Kier molecular flexibility index (Phi) is 4.25. The molecular formula is C11H25N. The third-order valence-corrected chi connectivity index (χ3v) is 2.11. The molecule has 0 spiro atoms. The molecule has 0 rings (SSSR count). The lowest BCUT2D eigenvalue weighted by Crippen LogP contribution is -2.47. The second kappa shape index (κ2) is 4.27. The van der Waals surface area contributed by atoms with Crippen molar-refractivity contribution in [1.29, 1.82) is 0 Å². The lowest BCUT2D eigenvalue weighted by Gasteiger charge is -2.36. The second-order valence-corrected chi connectivity index (χ2v) is 5.41. The van der Waals surface area contributed by atoms with Gasteiger partial charge >= 0.3 is 0 Å². The van der Waals surface area contributed by atoms with Crippen LogP contribution in [0.2, 0.25) is 0 Å². The van der Waals surface area contributed by atoms with Crippen LogP contribution < -0.4 is 5.32 Å². The van der Waals surface area contributed by atoms with Gasteiger partial charge in [0.15, 0.2) is 0 Å². The zero-order valence-corrected chi connectivity index (χ0v) is 9.73. The molecule has 0 aromatic heterocycles. The highest BCUT2D eigenvalue weighted by Crippen LogP contribution is 2.25. The normalized spacial score (nSPS) is 15.8. The van der Waals surface area contributed by atoms with Crippen molar-refractivity contribution < 1.29 is 0 Å². The van der Waals surface area contributed by atoms with Crippen molar-refractivity contribution in [2.24, 2.45) is 11.3 Å². The average molecular weight is 171 g/mol. The molecule has 1 atom stereocenters. The van der Waals surface area contributed by atoms with Crippen molar-refractivity contribution in [3.05, 3.63) is 0 Å². The number of hydrogen-bond acceptors (Lipinski definition) is 1. The second-order valence-electron chi connectivity index (χ2n) is 5.41. The van der Waals surface area contributed by atoms with Crippen LogP contribution in [0.3, 0.4) is 0 Å². The Labute approximate surface area is 77.9 Å². The van der Waals surface area contributed by atoms with E-state index in [-0.39, 0.29) is 0 Å². The highest BCUT2D eigenvalue weighted by Gasteiger charge is 2.27. The van der Waals surface area contributed by atoms with Crippen molar-refractivity contribution >= 4 is 0 Å². The van der Waals surface area contributed by atoms with E-state index in [1.165, 1.54) is 0 Å². The topological polar surface area (TPSA) is 12.0 Å². The molecule has 0 amide bonds. The summed E-state index contributed by atoms with van der Waals surface area (Å²) >= 11 is 0. The van der Waals surface area contributed by atoms with Gasteiger partial charge in [-0.3, -0.25) is 0 Å². The van der Waals surface area contributed by atoms with Gasteiger partial charge in [-0.15, -0.1) is 0 Å². The standard InChI is InChI=1S/C11H25N/c1-8(2)10(11(5,6)7)12-9(3)4/h8-10,12H,1-7H3. The quantitative estimate of drug-likeness (QED) is 0.688. The molecule has 1 nitrogen and oxygen atoms in total. The van der Waals surface area contributed by atoms with Crippen LogP contribution in [0.5, 0.6) is 0 Å². The molecule has 0 aromatic rings. The van der Waals surface area contributed by atoms with E-state index in [9.17, 15) is 0 Å². The van der Waals surface area contributed by atoms with Crippen molar-refractivity contribution in [2.75, 3.05) is 0 Å². The summed E-state index contributed by atoms with van der Waals surface area (Å²) in [5, 5.41) is 3.62. The number of hydrogen-bond donors (Lipinski definition) is 1. The van der Waals surface area contributed by atoms with E-state index < -0.39 is 0 Å².